The van der Waals surface area contributed by atoms with E-state index in [9.17, 15) is 29.3 Å². The number of ketones is 1. The number of allylic oxidation sites excluding steroid dienone is 1. The minimum Gasteiger partial charge on any atom is -0.510 e. The zero-order valence-corrected chi connectivity index (χ0v) is 25.3. The summed E-state index contributed by atoms with van der Waals surface area (Å²) in [5.41, 5.74) is 14.2. The Morgan fingerprint density at radius 3 is 2.33 bits per heavy atom. The second-order valence-corrected chi connectivity index (χ2v) is 13.1. The lowest BCUT2D eigenvalue weighted by Crippen LogP contribution is -2.52. The summed E-state index contributed by atoms with van der Waals surface area (Å²) in [4.78, 5) is 30.0. The topological polar surface area (TPSA) is 153 Å². The quantitative estimate of drug-likeness (QED) is 0.328. The van der Waals surface area contributed by atoms with Crippen LogP contribution in [-0.4, -0.2) is 71.7 Å². The molecule has 0 aromatic heterocycles. The van der Waals surface area contributed by atoms with Crippen LogP contribution in [0.2, 0.25) is 0 Å². The molecule has 5 rings (SSSR count). The standard InChI is InChI=1S/C33H41FN4O5/c1-33(36,14-16-8-6-7-9-23(16)34)15-18-12-24(37(2)3)21-11-17-10-19-20(29(40)25(17)31(42)26(21)28(18)39)13-22(32(35)43)30(41)27(19)38(4)5/h6-9,12,17,19-20,27,39,41-42H,10-11,13-15,36H2,1-5H3,(H2,35,43)/t17?,19?,20?,27-,33?/m0/s1. The summed E-state index contributed by atoms with van der Waals surface area (Å²) in [6.45, 7) is 1.79. The molecule has 3 aliphatic carbocycles. The zero-order chi connectivity index (χ0) is 31.5. The normalized spacial score (nSPS) is 24.8. The summed E-state index contributed by atoms with van der Waals surface area (Å²) in [7, 11) is 7.30. The lowest BCUT2D eigenvalue weighted by Gasteiger charge is -2.47. The van der Waals surface area contributed by atoms with E-state index < -0.39 is 23.4 Å². The molecule has 5 atom stereocenters. The van der Waals surface area contributed by atoms with E-state index in [4.69, 9.17) is 11.5 Å². The van der Waals surface area contributed by atoms with Gasteiger partial charge in [-0.2, -0.15) is 0 Å². The molecule has 1 amide bonds. The lowest BCUT2D eigenvalue weighted by molar-refractivity contribution is -0.125. The van der Waals surface area contributed by atoms with Gasteiger partial charge >= 0.3 is 0 Å². The molecule has 2 aromatic rings. The van der Waals surface area contributed by atoms with E-state index in [1.807, 2.05) is 25.1 Å². The molecule has 0 aliphatic heterocycles. The molecular weight excluding hydrogens is 551 g/mol. The SMILES string of the molecule is CN(C)c1cc(CC(C)(N)Cc2ccccc2F)c(O)c2c1CC1CC3C(CC(C(N)=O)=C(O)[C@H]3N(C)C)C(=O)C1=C2O. The number of phenols is 1. The highest BCUT2D eigenvalue weighted by Crippen LogP contribution is 2.53. The van der Waals surface area contributed by atoms with E-state index in [1.165, 1.54) is 6.07 Å². The van der Waals surface area contributed by atoms with Crippen LogP contribution in [0.1, 0.15) is 42.0 Å². The third-order valence-electron chi connectivity index (χ3n) is 9.39. The lowest BCUT2D eigenvalue weighted by atomic mass is 9.60. The van der Waals surface area contributed by atoms with Crippen molar-refractivity contribution in [3.63, 3.8) is 0 Å². The number of benzene rings is 2. The number of aliphatic hydroxyl groups excluding tert-OH is 2. The van der Waals surface area contributed by atoms with E-state index in [0.717, 1.165) is 5.69 Å². The van der Waals surface area contributed by atoms with Gasteiger partial charge in [-0.25, -0.2) is 4.39 Å². The second kappa shape index (κ2) is 11.0. The molecule has 0 radical (unpaired) electrons. The van der Waals surface area contributed by atoms with Gasteiger partial charge in [-0.05, 0) is 93.8 Å². The number of aromatic hydroxyl groups is 1. The summed E-state index contributed by atoms with van der Waals surface area (Å²) >= 11 is 0. The fourth-order valence-corrected chi connectivity index (χ4v) is 7.56. The van der Waals surface area contributed by atoms with Crippen molar-refractivity contribution in [1.82, 2.24) is 4.90 Å². The van der Waals surface area contributed by atoms with Gasteiger partial charge in [-0.1, -0.05) is 18.2 Å². The van der Waals surface area contributed by atoms with Gasteiger partial charge in [0.05, 0.1) is 17.2 Å². The van der Waals surface area contributed by atoms with Crippen LogP contribution < -0.4 is 16.4 Å². The first kappa shape index (κ1) is 30.6. The van der Waals surface area contributed by atoms with E-state index in [2.05, 4.69) is 0 Å². The molecule has 43 heavy (non-hydrogen) atoms. The molecule has 0 bridgehead atoms. The van der Waals surface area contributed by atoms with Crippen LogP contribution in [0, 0.1) is 23.6 Å². The van der Waals surface area contributed by atoms with E-state index in [1.54, 1.807) is 44.1 Å². The minimum atomic E-state index is -0.936. The van der Waals surface area contributed by atoms with Gasteiger partial charge in [0.25, 0.3) is 0 Å². The van der Waals surface area contributed by atoms with Crippen molar-refractivity contribution < 1.29 is 29.3 Å². The number of carbonyl (C=O) groups excluding carboxylic acids is 2. The van der Waals surface area contributed by atoms with Crippen LogP contribution in [0.3, 0.4) is 0 Å². The Kier molecular flexibility index (Phi) is 7.81. The summed E-state index contributed by atoms with van der Waals surface area (Å²) in [5, 5.41) is 34.3. The Hall–Kier alpha value is -3.89. The number of nitrogens with two attached hydrogens (primary N) is 2. The Bertz CT molecular complexity index is 1560. The number of fused-ring (bicyclic) bond motifs is 3. The largest absolute Gasteiger partial charge is 0.510 e. The first-order chi connectivity index (χ1) is 20.1. The van der Waals surface area contributed by atoms with Crippen molar-refractivity contribution in [2.45, 2.75) is 50.6 Å². The summed E-state index contributed by atoms with van der Waals surface area (Å²) in [5.74, 6) is -3.27. The van der Waals surface area contributed by atoms with Gasteiger partial charge < -0.3 is 31.7 Å². The van der Waals surface area contributed by atoms with Crippen LogP contribution in [0.25, 0.3) is 5.76 Å². The monoisotopic (exact) mass is 592 g/mol. The number of anilines is 1. The first-order valence-corrected chi connectivity index (χ1v) is 14.6. The van der Waals surface area contributed by atoms with Gasteiger partial charge in [0.1, 0.15) is 23.1 Å². The number of primary amides is 1. The molecule has 0 saturated heterocycles. The highest BCUT2D eigenvalue weighted by molar-refractivity contribution is 6.07. The summed E-state index contributed by atoms with van der Waals surface area (Å²) < 4.78 is 14.4. The van der Waals surface area contributed by atoms with E-state index >= 15 is 0 Å². The van der Waals surface area contributed by atoms with Gasteiger partial charge in [0, 0.05) is 36.8 Å². The molecule has 1 fully saturated rings. The third kappa shape index (κ3) is 5.27. The van der Waals surface area contributed by atoms with E-state index in [0.29, 0.717) is 29.5 Å². The second-order valence-electron chi connectivity index (χ2n) is 13.1. The summed E-state index contributed by atoms with van der Waals surface area (Å²) in [6, 6.07) is 7.71. The number of halogens is 1. The zero-order valence-electron chi connectivity index (χ0n) is 25.3. The third-order valence-corrected chi connectivity index (χ3v) is 9.39. The molecule has 3 aliphatic rings. The van der Waals surface area contributed by atoms with Crippen LogP contribution in [0.15, 0.2) is 47.2 Å². The van der Waals surface area contributed by atoms with E-state index in [-0.39, 0.29) is 76.7 Å². The number of rotatable bonds is 7. The number of likely N-dealkylation sites (N-methyl/N-ethyl adjacent to an activating group) is 1. The fraction of sp³-hybridized carbons (Fsp3) is 0.455. The fourth-order valence-electron chi connectivity index (χ4n) is 7.56. The molecule has 0 heterocycles. The highest BCUT2D eigenvalue weighted by atomic mass is 19.1. The van der Waals surface area contributed by atoms with Gasteiger partial charge in [-0.3, -0.25) is 14.5 Å². The van der Waals surface area contributed by atoms with Crippen molar-refractivity contribution in [3.8, 4) is 5.75 Å². The molecule has 4 unspecified atom stereocenters. The van der Waals surface area contributed by atoms with Crippen molar-refractivity contribution in [2.75, 3.05) is 33.1 Å². The number of amides is 1. The predicted molar refractivity (Wildman–Crippen MR) is 163 cm³/mol. The Morgan fingerprint density at radius 2 is 1.72 bits per heavy atom. The molecule has 9 nitrogen and oxygen atoms in total. The van der Waals surface area contributed by atoms with Crippen LogP contribution >= 0.6 is 0 Å². The predicted octanol–water partition coefficient (Wildman–Crippen LogP) is 3.38. The number of aliphatic hydroxyl groups is 2. The maximum absolute atomic E-state index is 14.4. The van der Waals surface area contributed by atoms with Crippen molar-refractivity contribution in [1.29, 1.82) is 0 Å². The Morgan fingerprint density at radius 1 is 1.07 bits per heavy atom. The first-order valence-electron chi connectivity index (χ1n) is 14.6. The van der Waals surface area contributed by atoms with Crippen molar-refractivity contribution in [3.05, 3.63) is 75.3 Å². The molecule has 7 N–H and O–H groups in total. The van der Waals surface area contributed by atoms with Gasteiger partial charge in [0.2, 0.25) is 5.91 Å². The maximum Gasteiger partial charge on any atom is 0.248 e. The van der Waals surface area contributed by atoms with Gasteiger partial charge in [0.15, 0.2) is 5.78 Å². The molecule has 0 spiro atoms. The minimum absolute atomic E-state index is 0.0120. The van der Waals surface area contributed by atoms with Crippen LogP contribution in [-0.2, 0) is 28.9 Å². The van der Waals surface area contributed by atoms with Gasteiger partial charge in [-0.15, -0.1) is 0 Å². The molecular formula is C33H41FN4O5. The van der Waals surface area contributed by atoms with Crippen LogP contribution in [0.4, 0.5) is 10.1 Å². The Balaban J connectivity index is 1.58. The molecule has 10 heteroatoms. The molecule has 230 valence electrons. The maximum atomic E-state index is 14.4. The average Bonchev–Trinajstić information content (AvgIpc) is 2.90. The molecule has 1 saturated carbocycles. The number of Topliss-reactive ketones (excluding diaryl/α,β-unsaturated/α-hetero) is 1. The highest BCUT2D eigenvalue weighted by Gasteiger charge is 2.52. The number of nitrogens with zero attached hydrogens (tertiary/aromatic N) is 2. The summed E-state index contributed by atoms with van der Waals surface area (Å²) in [6.07, 6.45) is 1.28. The number of carbonyl (C=O) groups is 2. The Labute approximate surface area is 251 Å². The number of phenolic OH excluding ortho intramolecular Hbond substituents is 1. The van der Waals surface area contributed by atoms with Crippen LogP contribution in [0.5, 0.6) is 5.75 Å². The number of hydrogen-bond acceptors (Lipinski definition) is 8. The average molecular weight is 593 g/mol. The molecule has 2 aromatic carbocycles. The van der Waals surface area contributed by atoms with Crippen molar-refractivity contribution in [2.24, 2.45) is 29.2 Å². The smallest absolute Gasteiger partial charge is 0.248 e. The number of hydrogen-bond donors (Lipinski definition) is 5. The van der Waals surface area contributed by atoms with Crippen molar-refractivity contribution >= 4 is 23.1 Å².